The van der Waals surface area contributed by atoms with Gasteiger partial charge in [0.15, 0.2) is 11.5 Å². The second-order valence-corrected chi connectivity index (χ2v) is 11.2. The number of fused-ring (bicyclic) bond motifs is 4. The van der Waals surface area contributed by atoms with Crippen molar-refractivity contribution in [2.24, 2.45) is 0 Å². The number of carbonyl (C=O) groups excluding carboxylic acids is 1. The van der Waals surface area contributed by atoms with Crippen molar-refractivity contribution < 1.29 is 14.3 Å². The molecule has 1 atom stereocenters. The average Bonchev–Trinajstić information content (AvgIpc) is 3.57. The summed E-state index contributed by atoms with van der Waals surface area (Å²) in [5.74, 6) is 3.73. The van der Waals surface area contributed by atoms with Gasteiger partial charge in [0, 0.05) is 23.6 Å². The summed E-state index contributed by atoms with van der Waals surface area (Å²) in [5, 5.41) is 0.792. The number of aromatic amines is 1. The summed E-state index contributed by atoms with van der Waals surface area (Å²) in [5.41, 5.74) is 2.30. The highest BCUT2D eigenvalue weighted by Gasteiger charge is 2.30. The molecule has 1 fully saturated rings. The predicted molar refractivity (Wildman–Crippen MR) is 134 cm³/mol. The second kappa shape index (κ2) is 9.26. The molecule has 1 N–H and O–H groups in total. The van der Waals surface area contributed by atoms with Gasteiger partial charge in [0.25, 0.3) is 5.56 Å². The zero-order chi connectivity index (χ0) is 23.1. The highest BCUT2D eigenvalue weighted by atomic mass is 32.2. The average molecular weight is 498 g/mol. The van der Waals surface area contributed by atoms with E-state index in [1.807, 2.05) is 17.0 Å². The zero-order valence-corrected chi connectivity index (χ0v) is 20.6. The summed E-state index contributed by atoms with van der Waals surface area (Å²) < 4.78 is 11.4. The quantitative estimate of drug-likeness (QED) is 0.513. The van der Waals surface area contributed by atoms with Crippen LogP contribution >= 0.6 is 23.1 Å². The van der Waals surface area contributed by atoms with Gasteiger partial charge < -0.3 is 19.4 Å². The van der Waals surface area contributed by atoms with Gasteiger partial charge in [0.1, 0.15) is 23.9 Å². The van der Waals surface area contributed by atoms with E-state index in [2.05, 4.69) is 11.1 Å². The first-order chi connectivity index (χ1) is 16.7. The summed E-state index contributed by atoms with van der Waals surface area (Å²) in [6.07, 6.45) is 5.63. The molecule has 2 aliphatic heterocycles. The Morgan fingerprint density at radius 2 is 2.09 bits per heavy atom. The van der Waals surface area contributed by atoms with Crippen LogP contribution in [0.4, 0.5) is 0 Å². The van der Waals surface area contributed by atoms with Gasteiger partial charge in [-0.15, -0.1) is 11.3 Å². The Balaban J connectivity index is 1.06. The molecule has 1 aromatic carbocycles. The molecule has 4 heterocycles. The van der Waals surface area contributed by atoms with Crippen LogP contribution < -0.4 is 15.0 Å². The topological polar surface area (TPSA) is 84.5 Å². The number of thiophene rings is 1. The molecule has 0 saturated carbocycles. The number of H-pyrrole nitrogens is 1. The fraction of sp³-hybridized carbons (Fsp3) is 0.480. The number of likely N-dealkylation sites (tertiary alicyclic amines) is 1. The fourth-order valence-electron chi connectivity index (χ4n) is 5.27. The van der Waals surface area contributed by atoms with Crippen molar-refractivity contribution in [2.45, 2.75) is 50.3 Å². The summed E-state index contributed by atoms with van der Waals surface area (Å²) in [6.45, 7) is 1.92. The van der Waals surface area contributed by atoms with E-state index in [9.17, 15) is 9.59 Å². The third-order valence-electron chi connectivity index (χ3n) is 6.85. The summed E-state index contributed by atoms with van der Waals surface area (Å²) in [7, 11) is 0. The van der Waals surface area contributed by atoms with Crippen LogP contribution in [-0.4, -0.2) is 46.3 Å². The van der Waals surface area contributed by atoms with E-state index in [4.69, 9.17) is 14.5 Å². The van der Waals surface area contributed by atoms with Crippen molar-refractivity contribution in [3.63, 3.8) is 0 Å². The summed E-state index contributed by atoms with van der Waals surface area (Å²) >= 11 is 3.31. The van der Waals surface area contributed by atoms with Crippen molar-refractivity contribution in [3.05, 3.63) is 50.4 Å². The van der Waals surface area contributed by atoms with Crippen LogP contribution in [0.1, 0.15) is 53.6 Å². The minimum atomic E-state index is -0.0181. The number of ether oxygens (including phenoxy) is 2. The molecule has 3 aromatic rings. The number of hydrogen-bond donors (Lipinski definition) is 1. The lowest BCUT2D eigenvalue weighted by Gasteiger charge is -2.27. The summed E-state index contributed by atoms with van der Waals surface area (Å²) in [6, 6.07) is 6.12. The Morgan fingerprint density at radius 3 is 3.00 bits per heavy atom. The van der Waals surface area contributed by atoms with Crippen LogP contribution in [0.2, 0.25) is 0 Å². The van der Waals surface area contributed by atoms with E-state index in [1.165, 1.54) is 10.4 Å². The van der Waals surface area contributed by atoms with Crippen LogP contribution in [-0.2, 0) is 23.4 Å². The van der Waals surface area contributed by atoms with Gasteiger partial charge in [-0.3, -0.25) is 9.59 Å². The third kappa shape index (κ3) is 4.09. The molecule has 2 aromatic heterocycles. The Morgan fingerprint density at radius 1 is 1.21 bits per heavy atom. The number of hydrogen-bond acceptors (Lipinski definition) is 7. The minimum Gasteiger partial charge on any atom is -0.486 e. The largest absolute Gasteiger partial charge is 0.486 e. The smallest absolute Gasteiger partial charge is 0.259 e. The number of nitrogens with zero attached hydrogens (tertiary/aromatic N) is 2. The maximum atomic E-state index is 13.0. The molecule has 1 unspecified atom stereocenters. The molecular formula is C25H27N3O4S2. The number of aryl methyl sites for hydroxylation is 2. The first-order valence-electron chi connectivity index (χ1n) is 12.0. The van der Waals surface area contributed by atoms with Crippen molar-refractivity contribution in [1.29, 1.82) is 0 Å². The lowest BCUT2D eigenvalue weighted by molar-refractivity contribution is -0.131. The molecule has 9 heteroatoms. The Hall–Kier alpha value is -2.52. The van der Waals surface area contributed by atoms with Crippen LogP contribution in [0.15, 0.2) is 23.0 Å². The van der Waals surface area contributed by atoms with Gasteiger partial charge in [0.05, 0.1) is 17.2 Å². The van der Waals surface area contributed by atoms with E-state index in [0.717, 1.165) is 65.9 Å². The van der Waals surface area contributed by atoms with Gasteiger partial charge in [-0.2, -0.15) is 11.8 Å². The molecule has 1 amide bonds. The van der Waals surface area contributed by atoms with Crippen LogP contribution in [0.3, 0.4) is 0 Å². The van der Waals surface area contributed by atoms with Crippen LogP contribution in [0.25, 0.3) is 10.2 Å². The Kier molecular flexibility index (Phi) is 5.99. The number of nitrogens with one attached hydrogen (secondary N) is 1. The monoisotopic (exact) mass is 497 g/mol. The molecule has 0 spiro atoms. The highest BCUT2D eigenvalue weighted by molar-refractivity contribution is 7.98. The van der Waals surface area contributed by atoms with E-state index in [-0.39, 0.29) is 17.5 Å². The number of thioether (sulfide) groups is 1. The van der Waals surface area contributed by atoms with Gasteiger partial charge in [0.2, 0.25) is 5.91 Å². The van der Waals surface area contributed by atoms with E-state index < -0.39 is 0 Å². The normalized spacial score (nSPS) is 19.1. The highest BCUT2D eigenvalue weighted by Crippen LogP contribution is 2.38. The SMILES string of the molecule is O=C(CCSCc1nc2sc3c(c2c(=O)[nH]1)CCC3)N1CCCC1c1ccc2c(c1)OCCO2. The van der Waals surface area contributed by atoms with Gasteiger partial charge in [-0.1, -0.05) is 6.07 Å². The molecule has 1 aliphatic carbocycles. The van der Waals surface area contributed by atoms with Gasteiger partial charge >= 0.3 is 0 Å². The molecule has 34 heavy (non-hydrogen) atoms. The maximum absolute atomic E-state index is 13.0. The van der Waals surface area contributed by atoms with Crippen molar-refractivity contribution in [3.8, 4) is 11.5 Å². The number of benzene rings is 1. The van der Waals surface area contributed by atoms with Gasteiger partial charge in [-0.25, -0.2) is 4.98 Å². The molecule has 1 saturated heterocycles. The van der Waals surface area contributed by atoms with Crippen LogP contribution in [0, 0.1) is 0 Å². The lowest BCUT2D eigenvalue weighted by atomic mass is 10.0. The zero-order valence-electron chi connectivity index (χ0n) is 18.9. The molecule has 7 nitrogen and oxygen atoms in total. The van der Waals surface area contributed by atoms with Crippen molar-refractivity contribution >= 4 is 39.2 Å². The lowest BCUT2D eigenvalue weighted by Crippen LogP contribution is -2.30. The standard InChI is InChI=1S/C25H27N3O4S2/c29-22(28-9-2-4-17(28)15-6-7-18-19(13-15)32-11-10-31-18)8-12-33-14-21-26-24(30)23-16-3-1-5-20(16)34-25(23)27-21/h6-7,13,17H,1-5,8-12,14H2,(H,26,27,30). The number of aromatic nitrogens is 2. The van der Waals surface area contributed by atoms with Gasteiger partial charge in [-0.05, 0) is 55.4 Å². The molecule has 6 rings (SSSR count). The van der Waals surface area contributed by atoms with Crippen LogP contribution in [0.5, 0.6) is 11.5 Å². The third-order valence-corrected chi connectivity index (χ3v) is 9.00. The Labute approximate surface area is 205 Å². The number of amides is 1. The summed E-state index contributed by atoms with van der Waals surface area (Å²) in [4.78, 5) is 37.5. The molecule has 178 valence electrons. The maximum Gasteiger partial charge on any atom is 0.259 e. The Bertz CT molecular complexity index is 1300. The molecule has 0 bridgehead atoms. The van der Waals surface area contributed by atoms with E-state index in [0.29, 0.717) is 37.0 Å². The molecule has 0 radical (unpaired) electrons. The fourth-order valence-corrected chi connectivity index (χ4v) is 7.34. The number of rotatable bonds is 6. The van der Waals surface area contributed by atoms with E-state index >= 15 is 0 Å². The minimum absolute atomic E-state index is 0.0181. The predicted octanol–water partition coefficient (Wildman–Crippen LogP) is 4.23. The molecule has 3 aliphatic rings. The number of carbonyl (C=O) groups is 1. The van der Waals surface area contributed by atoms with Crippen molar-refractivity contribution in [2.75, 3.05) is 25.5 Å². The molecular weight excluding hydrogens is 470 g/mol. The second-order valence-electron chi connectivity index (χ2n) is 9.00. The first-order valence-corrected chi connectivity index (χ1v) is 13.9. The van der Waals surface area contributed by atoms with E-state index in [1.54, 1.807) is 23.1 Å². The van der Waals surface area contributed by atoms with Crippen molar-refractivity contribution in [1.82, 2.24) is 14.9 Å². The first kappa shape index (κ1) is 22.0.